The summed E-state index contributed by atoms with van der Waals surface area (Å²) in [5.74, 6) is 1.83. The first-order valence-corrected chi connectivity index (χ1v) is 9.88. The van der Waals surface area contributed by atoms with E-state index < -0.39 is 0 Å². The summed E-state index contributed by atoms with van der Waals surface area (Å²) < 4.78 is 8.38. The number of rotatable bonds is 5. The topological polar surface area (TPSA) is 27.1 Å². The maximum absolute atomic E-state index is 6.12. The molecule has 0 aliphatic carbocycles. The van der Waals surface area contributed by atoms with Gasteiger partial charge in [-0.1, -0.05) is 66.7 Å². The minimum absolute atomic E-state index is 0.438. The fraction of sp³-hybridized carbons (Fsp3) is 0.115. The van der Waals surface area contributed by atoms with E-state index in [1.54, 1.807) is 0 Å². The van der Waals surface area contributed by atoms with Gasteiger partial charge in [0, 0.05) is 6.54 Å². The van der Waals surface area contributed by atoms with Crippen LogP contribution in [0.15, 0.2) is 91.0 Å². The molecule has 1 heterocycles. The van der Waals surface area contributed by atoms with E-state index in [0.29, 0.717) is 6.61 Å². The van der Waals surface area contributed by atoms with E-state index in [1.165, 1.54) is 16.3 Å². The fourth-order valence-electron chi connectivity index (χ4n) is 3.79. The summed E-state index contributed by atoms with van der Waals surface area (Å²) in [6, 6.07) is 31.5. The van der Waals surface area contributed by atoms with Gasteiger partial charge in [0.2, 0.25) is 0 Å². The highest BCUT2D eigenvalue weighted by Gasteiger charge is 2.12. The van der Waals surface area contributed by atoms with Gasteiger partial charge in [0.05, 0.1) is 11.0 Å². The Kier molecular flexibility index (Phi) is 4.49. The number of hydrogen-bond donors (Lipinski definition) is 0. The first kappa shape index (κ1) is 17.5. The summed E-state index contributed by atoms with van der Waals surface area (Å²) >= 11 is 0. The van der Waals surface area contributed by atoms with E-state index in [1.807, 2.05) is 24.3 Å². The Bertz CT molecular complexity index is 1300. The van der Waals surface area contributed by atoms with Gasteiger partial charge in [-0.25, -0.2) is 4.98 Å². The van der Waals surface area contributed by atoms with Crippen molar-refractivity contribution in [3.05, 3.63) is 108 Å². The minimum atomic E-state index is 0.438. The third kappa shape index (κ3) is 3.47. The summed E-state index contributed by atoms with van der Waals surface area (Å²) in [5, 5.41) is 2.52. The Labute approximate surface area is 170 Å². The Morgan fingerprint density at radius 1 is 0.793 bits per heavy atom. The van der Waals surface area contributed by atoms with Crippen molar-refractivity contribution in [1.29, 1.82) is 0 Å². The van der Waals surface area contributed by atoms with Gasteiger partial charge in [0.25, 0.3) is 0 Å². The zero-order chi connectivity index (χ0) is 19.6. The van der Waals surface area contributed by atoms with Crippen LogP contribution in [0.25, 0.3) is 21.8 Å². The van der Waals surface area contributed by atoms with Crippen molar-refractivity contribution >= 4 is 21.8 Å². The van der Waals surface area contributed by atoms with Gasteiger partial charge < -0.3 is 9.30 Å². The smallest absolute Gasteiger partial charge is 0.148 e. The lowest BCUT2D eigenvalue weighted by Crippen LogP contribution is -2.08. The molecule has 142 valence electrons. The van der Waals surface area contributed by atoms with Crippen molar-refractivity contribution in [3.8, 4) is 5.75 Å². The third-order valence-corrected chi connectivity index (χ3v) is 5.34. The van der Waals surface area contributed by atoms with E-state index in [2.05, 4.69) is 78.2 Å². The molecule has 0 aliphatic rings. The molecule has 0 aliphatic heterocycles. The number of benzene rings is 4. The standard InChI is InChI=1S/C26H22N2O/c1-19-8-2-7-13-25(19)29-18-26-27-23-11-5-6-12-24(23)28(26)17-20-14-15-21-9-3-4-10-22(21)16-20/h2-16H,17-18H2,1H3. The maximum Gasteiger partial charge on any atom is 0.148 e. The molecule has 0 saturated carbocycles. The second kappa shape index (κ2) is 7.44. The second-order valence-corrected chi connectivity index (χ2v) is 7.34. The second-order valence-electron chi connectivity index (χ2n) is 7.34. The van der Waals surface area contributed by atoms with E-state index in [-0.39, 0.29) is 0 Å². The lowest BCUT2D eigenvalue weighted by Gasteiger charge is -2.12. The molecule has 3 heteroatoms. The Morgan fingerprint density at radius 3 is 2.45 bits per heavy atom. The first-order chi connectivity index (χ1) is 14.3. The Balaban J connectivity index is 1.51. The quantitative estimate of drug-likeness (QED) is 0.368. The molecule has 1 aromatic heterocycles. The molecule has 29 heavy (non-hydrogen) atoms. The van der Waals surface area contributed by atoms with Crippen LogP contribution in [0.3, 0.4) is 0 Å². The van der Waals surface area contributed by atoms with Crippen LogP contribution < -0.4 is 4.74 Å². The molecular formula is C26H22N2O. The lowest BCUT2D eigenvalue weighted by atomic mass is 10.1. The van der Waals surface area contributed by atoms with Crippen molar-refractivity contribution in [1.82, 2.24) is 9.55 Å². The van der Waals surface area contributed by atoms with Crippen molar-refractivity contribution in [2.45, 2.75) is 20.1 Å². The largest absolute Gasteiger partial charge is 0.485 e. The van der Waals surface area contributed by atoms with E-state index in [9.17, 15) is 0 Å². The summed E-state index contributed by atoms with van der Waals surface area (Å²) in [5.41, 5.74) is 4.51. The van der Waals surface area contributed by atoms with Gasteiger partial charge in [-0.3, -0.25) is 0 Å². The molecule has 0 amide bonds. The average Bonchev–Trinajstić information content (AvgIpc) is 3.10. The molecule has 0 atom stereocenters. The summed E-state index contributed by atoms with van der Waals surface area (Å²) in [6.07, 6.45) is 0. The van der Waals surface area contributed by atoms with Crippen molar-refractivity contribution < 1.29 is 4.74 Å². The van der Waals surface area contributed by atoms with Gasteiger partial charge in [-0.05, 0) is 53.1 Å². The number of nitrogens with zero attached hydrogens (tertiary/aromatic N) is 2. The van der Waals surface area contributed by atoms with Crippen LogP contribution in [0.4, 0.5) is 0 Å². The van der Waals surface area contributed by atoms with E-state index in [4.69, 9.17) is 9.72 Å². The van der Waals surface area contributed by atoms with Gasteiger partial charge in [0.15, 0.2) is 0 Å². The van der Waals surface area contributed by atoms with Crippen LogP contribution in [0, 0.1) is 6.92 Å². The highest BCUT2D eigenvalue weighted by atomic mass is 16.5. The van der Waals surface area contributed by atoms with Crippen LogP contribution in [0.2, 0.25) is 0 Å². The molecule has 3 nitrogen and oxygen atoms in total. The maximum atomic E-state index is 6.12. The molecule has 5 aromatic rings. The number of aryl methyl sites for hydroxylation is 1. The molecule has 0 unspecified atom stereocenters. The monoisotopic (exact) mass is 378 g/mol. The fourth-order valence-corrected chi connectivity index (χ4v) is 3.79. The van der Waals surface area contributed by atoms with Crippen molar-refractivity contribution in [3.63, 3.8) is 0 Å². The normalized spacial score (nSPS) is 11.2. The molecule has 0 bridgehead atoms. The predicted molar refractivity (Wildman–Crippen MR) is 118 cm³/mol. The lowest BCUT2D eigenvalue weighted by molar-refractivity contribution is 0.289. The Hall–Kier alpha value is -3.59. The Morgan fingerprint density at radius 2 is 1.55 bits per heavy atom. The number of fused-ring (bicyclic) bond motifs is 2. The number of para-hydroxylation sites is 3. The highest BCUT2D eigenvalue weighted by molar-refractivity contribution is 5.83. The van der Waals surface area contributed by atoms with Crippen LogP contribution in [-0.4, -0.2) is 9.55 Å². The number of aromatic nitrogens is 2. The predicted octanol–water partition coefficient (Wildman–Crippen LogP) is 6.13. The number of ether oxygens (including phenoxy) is 1. The SMILES string of the molecule is Cc1ccccc1OCc1nc2ccccc2n1Cc1ccc2ccccc2c1. The summed E-state index contributed by atoms with van der Waals surface area (Å²) in [6.45, 7) is 3.26. The van der Waals surface area contributed by atoms with Gasteiger partial charge >= 0.3 is 0 Å². The van der Waals surface area contributed by atoms with Crippen molar-refractivity contribution in [2.24, 2.45) is 0 Å². The number of imidazole rings is 1. The summed E-state index contributed by atoms with van der Waals surface area (Å²) in [7, 11) is 0. The van der Waals surface area contributed by atoms with Crippen LogP contribution in [0.1, 0.15) is 17.0 Å². The van der Waals surface area contributed by atoms with Gasteiger partial charge in [-0.2, -0.15) is 0 Å². The van der Waals surface area contributed by atoms with Crippen LogP contribution in [-0.2, 0) is 13.2 Å². The first-order valence-electron chi connectivity index (χ1n) is 9.88. The summed E-state index contributed by atoms with van der Waals surface area (Å²) in [4.78, 5) is 4.85. The zero-order valence-corrected chi connectivity index (χ0v) is 16.4. The van der Waals surface area contributed by atoms with E-state index >= 15 is 0 Å². The van der Waals surface area contributed by atoms with Crippen LogP contribution >= 0.6 is 0 Å². The zero-order valence-electron chi connectivity index (χ0n) is 16.4. The van der Waals surface area contributed by atoms with Gasteiger partial charge in [-0.15, -0.1) is 0 Å². The molecule has 5 rings (SSSR count). The molecular weight excluding hydrogens is 356 g/mol. The molecule has 0 spiro atoms. The molecule has 0 N–H and O–H groups in total. The van der Waals surface area contributed by atoms with E-state index in [0.717, 1.165) is 34.7 Å². The molecule has 0 saturated heterocycles. The van der Waals surface area contributed by atoms with Gasteiger partial charge in [0.1, 0.15) is 18.2 Å². The average molecular weight is 378 g/mol. The molecule has 4 aromatic carbocycles. The third-order valence-electron chi connectivity index (χ3n) is 5.34. The number of hydrogen-bond acceptors (Lipinski definition) is 2. The minimum Gasteiger partial charge on any atom is -0.485 e. The molecule has 0 fully saturated rings. The highest BCUT2D eigenvalue weighted by Crippen LogP contribution is 2.23. The van der Waals surface area contributed by atoms with Crippen LogP contribution in [0.5, 0.6) is 5.75 Å². The van der Waals surface area contributed by atoms with Crippen molar-refractivity contribution in [2.75, 3.05) is 0 Å². The molecule has 0 radical (unpaired) electrons.